The highest BCUT2D eigenvalue weighted by atomic mass is 16.5. The minimum Gasteiger partial charge on any atom is -0.481 e. The highest BCUT2D eigenvalue weighted by molar-refractivity contribution is 5.85. The van der Waals surface area contributed by atoms with Gasteiger partial charge in [-0.05, 0) is 37.1 Å². The molecule has 0 aliphatic carbocycles. The van der Waals surface area contributed by atoms with E-state index >= 15 is 0 Å². The number of imidazole rings is 1. The minimum atomic E-state index is 0.563. The molecule has 0 fully saturated rings. The number of aromatic nitrogens is 4. The molecule has 0 atom stereocenters. The van der Waals surface area contributed by atoms with E-state index in [4.69, 9.17) is 9.72 Å². The van der Waals surface area contributed by atoms with Gasteiger partial charge in [-0.15, -0.1) is 0 Å². The van der Waals surface area contributed by atoms with E-state index in [1.165, 1.54) is 0 Å². The molecule has 0 aliphatic rings. The number of benzene rings is 1. The van der Waals surface area contributed by atoms with Gasteiger partial charge in [0.25, 0.3) is 0 Å². The predicted molar refractivity (Wildman–Crippen MR) is 109 cm³/mol. The molecule has 3 aromatic heterocycles. The van der Waals surface area contributed by atoms with Crippen molar-refractivity contribution in [1.29, 1.82) is 5.26 Å². The van der Waals surface area contributed by atoms with Gasteiger partial charge in [-0.1, -0.05) is 19.1 Å². The van der Waals surface area contributed by atoms with E-state index in [0.29, 0.717) is 17.8 Å². The molecule has 7 heteroatoms. The van der Waals surface area contributed by atoms with Crippen LogP contribution in [0, 0.1) is 18.3 Å². The molecular weight excluding hydrogens is 352 g/mol. The van der Waals surface area contributed by atoms with E-state index in [0.717, 1.165) is 46.0 Å². The Balaban J connectivity index is 1.85. The van der Waals surface area contributed by atoms with E-state index in [-0.39, 0.29) is 0 Å². The van der Waals surface area contributed by atoms with Crippen molar-refractivity contribution in [1.82, 2.24) is 19.2 Å². The number of rotatable bonds is 5. The number of hydrogen-bond acceptors (Lipinski definition) is 5. The summed E-state index contributed by atoms with van der Waals surface area (Å²) in [6.45, 7) is 4.58. The van der Waals surface area contributed by atoms with Gasteiger partial charge in [-0.3, -0.25) is 4.40 Å². The molecule has 4 rings (SSSR count). The molecule has 0 saturated carbocycles. The molecular formula is C21H22N6O. The van der Waals surface area contributed by atoms with Crippen LogP contribution < -0.4 is 10.1 Å². The summed E-state index contributed by atoms with van der Waals surface area (Å²) in [7, 11) is 3.54. The first-order valence-corrected chi connectivity index (χ1v) is 9.22. The molecule has 1 N–H and O–H groups in total. The van der Waals surface area contributed by atoms with Crippen LogP contribution >= 0.6 is 0 Å². The van der Waals surface area contributed by atoms with Gasteiger partial charge >= 0.3 is 0 Å². The SMILES string of the molecule is CCc1nn(C)c(OC)c1CNc1cc(C)c(C#N)c2nc3ccccc3n12. The van der Waals surface area contributed by atoms with Gasteiger partial charge in [0.15, 0.2) is 5.65 Å². The van der Waals surface area contributed by atoms with Crippen LogP contribution in [0.3, 0.4) is 0 Å². The molecule has 4 aromatic rings. The van der Waals surface area contributed by atoms with Crippen LogP contribution in [0.5, 0.6) is 5.88 Å². The number of methoxy groups -OCH3 is 1. The number of nitrogens with one attached hydrogen (secondary N) is 1. The summed E-state index contributed by atoms with van der Waals surface area (Å²) in [4.78, 5) is 4.69. The molecule has 0 amide bonds. The Kier molecular flexibility index (Phi) is 4.40. The topological polar surface area (TPSA) is 80.2 Å². The molecule has 1 aromatic carbocycles. The highest BCUT2D eigenvalue weighted by Crippen LogP contribution is 2.28. The molecule has 7 nitrogen and oxygen atoms in total. The third-order valence-electron chi connectivity index (χ3n) is 5.03. The number of nitrogens with zero attached hydrogens (tertiary/aromatic N) is 5. The number of ether oxygens (including phenoxy) is 1. The Hall–Kier alpha value is -3.53. The van der Waals surface area contributed by atoms with Crippen molar-refractivity contribution >= 4 is 22.5 Å². The average molecular weight is 374 g/mol. The Morgan fingerprint density at radius 2 is 2.07 bits per heavy atom. The van der Waals surface area contributed by atoms with Gasteiger partial charge in [0.1, 0.15) is 11.9 Å². The number of aryl methyl sites for hydroxylation is 3. The summed E-state index contributed by atoms with van der Waals surface area (Å²) in [6, 6.07) is 12.2. The summed E-state index contributed by atoms with van der Waals surface area (Å²) in [5.41, 5.74) is 6.01. The van der Waals surface area contributed by atoms with Gasteiger partial charge in [-0.25, -0.2) is 9.67 Å². The van der Waals surface area contributed by atoms with Crippen LogP contribution in [0.2, 0.25) is 0 Å². The van der Waals surface area contributed by atoms with Crippen molar-refractivity contribution < 1.29 is 4.74 Å². The molecule has 142 valence electrons. The Bertz CT molecular complexity index is 1230. The van der Waals surface area contributed by atoms with Crippen LogP contribution in [0.4, 0.5) is 5.82 Å². The van der Waals surface area contributed by atoms with Gasteiger partial charge in [0.05, 0.1) is 35.0 Å². The first kappa shape index (κ1) is 17.9. The quantitative estimate of drug-likeness (QED) is 0.577. The Labute approximate surface area is 163 Å². The molecule has 0 saturated heterocycles. The van der Waals surface area contributed by atoms with Crippen LogP contribution in [0.15, 0.2) is 30.3 Å². The number of hydrogen-bond donors (Lipinski definition) is 1. The summed E-state index contributed by atoms with van der Waals surface area (Å²) < 4.78 is 9.32. The first-order chi connectivity index (χ1) is 13.6. The van der Waals surface area contributed by atoms with Crippen molar-refractivity contribution in [3.8, 4) is 11.9 Å². The maximum absolute atomic E-state index is 9.63. The second-order valence-corrected chi connectivity index (χ2v) is 6.72. The van der Waals surface area contributed by atoms with Crippen LogP contribution in [0.25, 0.3) is 16.7 Å². The predicted octanol–water partition coefficient (Wildman–Crippen LogP) is 3.58. The molecule has 0 bridgehead atoms. The Morgan fingerprint density at radius 1 is 1.29 bits per heavy atom. The molecule has 0 radical (unpaired) electrons. The van der Waals surface area contributed by atoms with E-state index < -0.39 is 0 Å². The van der Waals surface area contributed by atoms with Gasteiger partial charge in [0.2, 0.25) is 5.88 Å². The zero-order valence-corrected chi connectivity index (χ0v) is 16.4. The normalized spacial score (nSPS) is 11.1. The van der Waals surface area contributed by atoms with E-state index in [9.17, 15) is 5.26 Å². The molecule has 0 unspecified atom stereocenters. The lowest BCUT2D eigenvalue weighted by Crippen LogP contribution is -2.08. The third-order valence-corrected chi connectivity index (χ3v) is 5.03. The lowest BCUT2D eigenvalue weighted by atomic mass is 10.1. The summed E-state index contributed by atoms with van der Waals surface area (Å²) in [5, 5.41) is 17.7. The highest BCUT2D eigenvalue weighted by Gasteiger charge is 2.18. The lowest BCUT2D eigenvalue weighted by Gasteiger charge is -2.13. The molecule has 0 aliphatic heterocycles. The van der Waals surface area contributed by atoms with Crippen LogP contribution in [-0.4, -0.2) is 26.3 Å². The summed E-state index contributed by atoms with van der Waals surface area (Å²) in [5.74, 6) is 1.63. The zero-order valence-electron chi connectivity index (χ0n) is 16.4. The van der Waals surface area contributed by atoms with Gasteiger partial charge < -0.3 is 10.1 Å². The fourth-order valence-corrected chi connectivity index (χ4v) is 3.73. The third kappa shape index (κ3) is 2.65. The monoisotopic (exact) mass is 374 g/mol. The van der Waals surface area contributed by atoms with Gasteiger partial charge in [-0.2, -0.15) is 10.4 Å². The Morgan fingerprint density at radius 3 is 2.79 bits per heavy atom. The van der Waals surface area contributed by atoms with E-state index in [2.05, 4.69) is 23.4 Å². The number of fused-ring (bicyclic) bond motifs is 3. The molecule has 3 heterocycles. The number of para-hydroxylation sites is 2. The van der Waals surface area contributed by atoms with Crippen molar-refractivity contribution in [2.24, 2.45) is 7.05 Å². The second-order valence-electron chi connectivity index (χ2n) is 6.72. The first-order valence-electron chi connectivity index (χ1n) is 9.22. The maximum atomic E-state index is 9.63. The number of nitriles is 1. The second kappa shape index (κ2) is 6.89. The largest absolute Gasteiger partial charge is 0.481 e. The zero-order chi connectivity index (χ0) is 19.8. The smallest absolute Gasteiger partial charge is 0.216 e. The lowest BCUT2D eigenvalue weighted by molar-refractivity contribution is 0.369. The van der Waals surface area contributed by atoms with Crippen LogP contribution in [-0.2, 0) is 20.0 Å². The van der Waals surface area contributed by atoms with Gasteiger partial charge in [0, 0.05) is 13.6 Å². The summed E-state index contributed by atoms with van der Waals surface area (Å²) >= 11 is 0. The average Bonchev–Trinajstić information content (AvgIpc) is 3.23. The summed E-state index contributed by atoms with van der Waals surface area (Å²) in [6.07, 6.45) is 0.823. The maximum Gasteiger partial charge on any atom is 0.216 e. The van der Waals surface area contributed by atoms with Crippen molar-refractivity contribution in [2.75, 3.05) is 12.4 Å². The number of pyridine rings is 1. The fraction of sp³-hybridized carbons (Fsp3) is 0.286. The fourth-order valence-electron chi connectivity index (χ4n) is 3.73. The molecule has 28 heavy (non-hydrogen) atoms. The standard InChI is InChI=1S/C21H22N6O/c1-5-16-15(21(28-4)26(3)25-16)12-23-19-10-13(2)14(11-22)20-24-17-8-6-7-9-18(17)27(19)20/h6-10,23H,5,12H2,1-4H3. The van der Waals surface area contributed by atoms with Crippen molar-refractivity contribution in [2.45, 2.75) is 26.8 Å². The minimum absolute atomic E-state index is 0.563. The molecule has 0 spiro atoms. The van der Waals surface area contributed by atoms with Crippen LogP contribution in [0.1, 0.15) is 29.3 Å². The van der Waals surface area contributed by atoms with E-state index in [1.807, 2.05) is 48.7 Å². The van der Waals surface area contributed by atoms with Crippen molar-refractivity contribution in [3.05, 3.63) is 52.7 Å². The number of anilines is 1. The van der Waals surface area contributed by atoms with E-state index in [1.54, 1.807) is 11.8 Å². The van der Waals surface area contributed by atoms with Crippen molar-refractivity contribution in [3.63, 3.8) is 0 Å².